The molecule has 1 rings (SSSR count). The van der Waals surface area contributed by atoms with Gasteiger partial charge in [0.15, 0.2) is 0 Å². The number of ether oxygens (including phenoxy) is 1. The molecular formula is C10H17NO4. The molecular weight excluding hydrogens is 198 g/mol. The number of nitrogens with zero attached hydrogens (tertiary/aromatic N) is 1. The summed E-state index contributed by atoms with van der Waals surface area (Å²) >= 11 is 0. The van der Waals surface area contributed by atoms with Crippen molar-refractivity contribution in [2.45, 2.75) is 12.8 Å². The third-order valence-corrected chi connectivity index (χ3v) is 2.95. The van der Waals surface area contributed by atoms with Crippen molar-refractivity contribution in [1.29, 1.82) is 0 Å². The Balaban J connectivity index is 2.77. The van der Waals surface area contributed by atoms with Crippen LogP contribution in [0.4, 0.5) is 0 Å². The van der Waals surface area contributed by atoms with Crippen LogP contribution < -0.4 is 0 Å². The van der Waals surface area contributed by atoms with Gasteiger partial charge in [0, 0.05) is 0 Å². The number of rotatable bonds is 2. The molecule has 15 heavy (non-hydrogen) atoms. The van der Waals surface area contributed by atoms with Gasteiger partial charge in [-0.15, -0.1) is 0 Å². The fourth-order valence-electron chi connectivity index (χ4n) is 1.96. The monoisotopic (exact) mass is 215 g/mol. The van der Waals surface area contributed by atoms with E-state index in [2.05, 4.69) is 4.74 Å². The predicted molar refractivity (Wildman–Crippen MR) is 53.4 cm³/mol. The maximum Gasteiger partial charge on any atom is 0.309 e. The Bertz CT molecular complexity index is 254. The zero-order valence-electron chi connectivity index (χ0n) is 9.10. The normalized spacial score (nSPS) is 28.1. The van der Waals surface area contributed by atoms with Crippen molar-refractivity contribution in [3.63, 3.8) is 0 Å². The fraction of sp³-hybridized carbons (Fsp3) is 0.800. The third-order valence-electron chi connectivity index (χ3n) is 2.95. The van der Waals surface area contributed by atoms with Gasteiger partial charge in [-0.3, -0.25) is 9.59 Å². The van der Waals surface area contributed by atoms with Crippen LogP contribution in [0.25, 0.3) is 0 Å². The molecule has 5 heteroatoms. The Hall–Kier alpha value is -1.10. The molecule has 0 aromatic carbocycles. The Labute approximate surface area is 89.0 Å². The molecule has 0 aromatic rings. The zero-order chi connectivity index (χ0) is 11.4. The van der Waals surface area contributed by atoms with Gasteiger partial charge in [-0.05, 0) is 33.0 Å². The number of carboxylic acid groups (broad SMARTS) is 1. The maximum atomic E-state index is 11.4. The van der Waals surface area contributed by atoms with E-state index in [0.29, 0.717) is 19.4 Å². The maximum absolute atomic E-state index is 11.4. The fourth-order valence-corrected chi connectivity index (χ4v) is 1.96. The Morgan fingerprint density at radius 1 is 1.27 bits per heavy atom. The lowest BCUT2D eigenvalue weighted by molar-refractivity contribution is -0.155. The van der Waals surface area contributed by atoms with Crippen molar-refractivity contribution in [3.8, 4) is 0 Å². The number of carboxylic acids is 1. The van der Waals surface area contributed by atoms with Crippen LogP contribution >= 0.6 is 0 Å². The summed E-state index contributed by atoms with van der Waals surface area (Å²) in [5.41, 5.74) is 0. The number of carbonyl (C=O) groups is 2. The minimum Gasteiger partial charge on any atom is -0.481 e. The van der Waals surface area contributed by atoms with Crippen molar-refractivity contribution in [2.24, 2.45) is 11.8 Å². The van der Waals surface area contributed by atoms with Crippen molar-refractivity contribution < 1.29 is 19.4 Å². The van der Waals surface area contributed by atoms with E-state index in [1.54, 1.807) is 0 Å². The van der Waals surface area contributed by atoms with Crippen molar-refractivity contribution in [2.75, 3.05) is 27.2 Å². The molecule has 0 bridgehead atoms. The van der Waals surface area contributed by atoms with Crippen LogP contribution in [0.2, 0.25) is 0 Å². The van der Waals surface area contributed by atoms with Crippen LogP contribution in [0.5, 0.6) is 0 Å². The highest BCUT2D eigenvalue weighted by Crippen LogP contribution is 2.25. The molecule has 1 aliphatic rings. The van der Waals surface area contributed by atoms with E-state index < -0.39 is 23.8 Å². The Morgan fingerprint density at radius 3 is 2.27 bits per heavy atom. The molecule has 0 amide bonds. The SMILES string of the molecule is COC(=O)[C@H]1CCN(C)CC[C@H]1C(=O)O. The number of hydrogen-bond acceptors (Lipinski definition) is 4. The third kappa shape index (κ3) is 2.92. The van der Waals surface area contributed by atoms with Gasteiger partial charge in [-0.25, -0.2) is 0 Å². The summed E-state index contributed by atoms with van der Waals surface area (Å²) in [5, 5.41) is 9.04. The van der Waals surface area contributed by atoms with E-state index >= 15 is 0 Å². The molecule has 0 aromatic heterocycles. The molecule has 1 saturated heterocycles. The molecule has 5 nitrogen and oxygen atoms in total. The van der Waals surface area contributed by atoms with E-state index in [1.165, 1.54) is 7.11 Å². The lowest BCUT2D eigenvalue weighted by atomic mass is 9.88. The average Bonchev–Trinajstić information content (AvgIpc) is 2.39. The largest absolute Gasteiger partial charge is 0.481 e. The number of methoxy groups -OCH3 is 1. The first-order chi connectivity index (χ1) is 7.06. The van der Waals surface area contributed by atoms with Gasteiger partial charge in [-0.1, -0.05) is 0 Å². The lowest BCUT2D eigenvalue weighted by Gasteiger charge is -2.17. The van der Waals surface area contributed by atoms with Crippen molar-refractivity contribution in [1.82, 2.24) is 4.90 Å². The van der Waals surface area contributed by atoms with Crippen LogP contribution in [0.15, 0.2) is 0 Å². The second-order valence-electron chi connectivity index (χ2n) is 3.96. The molecule has 1 N–H and O–H groups in total. The number of aliphatic carboxylic acids is 1. The molecule has 86 valence electrons. The number of carbonyl (C=O) groups excluding carboxylic acids is 1. The van der Waals surface area contributed by atoms with E-state index in [9.17, 15) is 9.59 Å². The van der Waals surface area contributed by atoms with Gasteiger partial charge >= 0.3 is 11.9 Å². The van der Waals surface area contributed by atoms with Crippen molar-refractivity contribution in [3.05, 3.63) is 0 Å². The van der Waals surface area contributed by atoms with Gasteiger partial charge in [0.2, 0.25) is 0 Å². The minimum atomic E-state index is -0.902. The van der Waals surface area contributed by atoms with Crippen molar-refractivity contribution >= 4 is 11.9 Å². The second-order valence-corrected chi connectivity index (χ2v) is 3.96. The van der Waals surface area contributed by atoms with Gasteiger partial charge in [-0.2, -0.15) is 0 Å². The summed E-state index contributed by atoms with van der Waals surface area (Å²) in [6, 6.07) is 0. The first-order valence-electron chi connectivity index (χ1n) is 5.05. The number of likely N-dealkylation sites (tertiary alicyclic amines) is 1. The van der Waals surface area contributed by atoms with Crippen LogP contribution in [0.1, 0.15) is 12.8 Å². The summed E-state index contributed by atoms with van der Waals surface area (Å²) in [7, 11) is 3.23. The van der Waals surface area contributed by atoms with Gasteiger partial charge in [0.25, 0.3) is 0 Å². The molecule has 0 unspecified atom stereocenters. The standard InChI is InChI=1S/C10H17NO4/c1-11-5-3-7(9(12)13)8(4-6-11)10(14)15-2/h7-8H,3-6H2,1-2H3,(H,12,13)/t7-,8+/m1/s1. The van der Waals surface area contributed by atoms with Crippen LogP contribution in [-0.2, 0) is 14.3 Å². The van der Waals surface area contributed by atoms with Crippen LogP contribution in [-0.4, -0.2) is 49.2 Å². The quantitative estimate of drug-likeness (QED) is 0.667. The Kier molecular flexibility index (Phi) is 4.08. The summed E-state index contributed by atoms with van der Waals surface area (Å²) in [5.74, 6) is -2.42. The topological polar surface area (TPSA) is 66.8 Å². The number of hydrogen-bond donors (Lipinski definition) is 1. The smallest absolute Gasteiger partial charge is 0.309 e. The van der Waals surface area contributed by atoms with Gasteiger partial charge in [0.05, 0.1) is 18.9 Å². The summed E-state index contributed by atoms with van der Waals surface area (Å²) in [4.78, 5) is 24.5. The highest BCUT2D eigenvalue weighted by Gasteiger charge is 2.36. The average molecular weight is 215 g/mol. The van der Waals surface area contributed by atoms with E-state index in [4.69, 9.17) is 5.11 Å². The highest BCUT2D eigenvalue weighted by molar-refractivity contribution is 5.81. The lowest BCUT2D eigenvalue weighted by Crippen LogP contribution is -2.30. The molecule has 1 heterocycles. The minimum absolute atomic E-state index is 0.405. The number of esters is 1. The molecule has 0 radical (unpaired) electrons. The highest BCUT2D eigenvalue weighted by atomic mass is 16.5. The van der Waals surface area contributed by atoms with Crippen LogP contribution in [0, 0.1) is 11.8 Å². The molecule has 1 aliphatic heterocycles. The van der Waals surface area contributed by atoms with Crippen LogP contribution in [0.3, 0.4) is 0 Å². The van der Waals surface area contributed by atoms with E-state index in [1.807, 2.05) is 11.9 Å². The van der Waals surface area contributed by atoms with Gasteiger partial charge < -0.3 is 14.7 Å². The molecule has 0 saturated carbocycles. The second kappa shape index (κ2) is 5.11. The van der Waals surface area contributed by atoms with E-state index in [0.717, 1.165) is 6.54 Å². The Morgan fingerprint density at radius 2 is 1.80 bits per heavy atom. The van der Waals surface area contributed by atoms with Gasteiger partial charge in [0.1, 0.15) is 0 Å². The molecule has 0 aliphatic carbocycles. The van der Waals surface area contributed by atoms with E-state index in [-0.39, 0.29) is 0 Å². The zero-order valence-corrected chi connectivity index (χ0v) is 9.10. The summed E-state index contributed by atoms with van der Waals surface area (Å²) < 4.78 is 4.64. The predicted octanol–water partition coefficient (Wildman–Crippen LogP) is 0.202. The first kappa shape index (κ1) is 12.0. The molecule has 0 spiro atoms. The summed E-state index contributed by atoms with van der Waals surface area (Å²) in [6.07, 6.45) is 1.06. The summed E-state index contributed by atoms with van der Waals surface area (Å²) in [6.45, 7) is 1.45. The first-order valence-corrected chi connectivity index (χ1v) is 5.05. The molecule has 2 atom stereocenters. The molecule has 1 fully saturated rings.